The molecular weight excluding hydrogens is 378 g/mol. The minimum atomic E-state index is 0.454. The van der Waals surface area contributed by atoms with Crippen molar-refractivity contribution in [2.24, 2.45) is 0 Å². The van der Waals surface area contributed by atoms with Crippen molar-refractivity contribution in [1.29, 1.82) is 5.26 Å². The second-order valence-corrected chi connectivity index (χ2v) is 6.59. The number of methoxy groups -OCH3 is 1. The summed E-state index contributed by atoms with van der Waals surface area (Å²) in [5, 5.41) is 21.6. The zero-order chi connectivity index (χ0) is 20.8. The fraction of sp³-hybridized carbons (Fsp3) is 0.130. The van der Waals surface area contributed by atoms with Gasteiger partial charge in [-0.3, -0.25) is 0 Å². The summed E-state index contributed by atoms with van der Waals surface area (Å²) in [5.41, 5.74) is 3.47. The smallest absolute Gasteiger partial charge is 0.205 e. The monoisotopic (exact) mass is 397 g/mol. The van der Waals surface area contributed by atoms with Crippen molar-refractivity contribution in [3.05, 3.63) is 89.5 Å². The van der Waals surface area contributed by atoms with Gasteiger partial charge in [-0.15, -0.1) is 10.2 Å². The molecule has 0 N–H and O–H groups in total. The maximum absolute atomic E-state index is 8.89. The summed E-state index contributed by atoms with van der Waals surface area (Å²) >= 11 is 0. The van der Waals surface area contributed by atoms with Gasteiger partial charge in [-0.05, 0) is 46.7 Å². The van der Waals surface area contributed by atoms with Gasteiger partial charge in [0.05, 0.1) is 25.3 Å². The molecular formula is C23H19N5O2. The van der Waals surface area contributed by atoms with Gasteiger partial charge in [0.1, 0.15) is 6.61 Å². The number of aromatic nitrogens is 4. The zero-order valence-corrected chi connectivity index (χ0v) is 16.4. The predicted molar refractivity (Wildman–Crippen MR) is 111 cm³/mol. The molecule has 0 aliphatic heterocycles. The Hall–Kier alpha value is -4.18. The Morgan fingerprint density at radius 2 is 1.73 bits per heavy atom. The first-order valence-electron chi connectivity index (χ1n) is 9.37. The second kappa shape index (κ2) is 8.88. The van der Waals surface area contributed by atoms with Crippen molar-refractivity contribution in [2.45, 2.75) is 13.2 Å². The molecule has 148 valence electrons. The summed E-state index contributed by atoms with van der Waals surface area (Å²) in [6.07, 6.45) is 0. The summed E-state index contributed by atoms with van der Waals surface area (Å²) in [5.74, 6) is 1.75. The Kier molecular flexibility index (Phi) is 5.67. The van der Waals surface area contributed by atoms with Gasteiger partial charge in [-0.1, -0.05) is 42.5 Å². The molecule has 0 saturated heterocycles. The molecule has 0 radical (unpaired) electrons. The van der Waals surface area contributed by atoms with E-state index in [0.717, 1.165) is 16.7 Å². The van der Waals surface area contributed by atoms with E-state index in [0.29, 0.717) is 36.0 Å². The van der Waals surface area contributed by atoms with E-state index in [-0.39, 0.29) is 0 Å². The van der Waals surface area contributed by atoms with Crippen LogP contribution in [0, 0.1) is 11.3 Å². The van der Waals surface area contributed by atoms with E-state index >= 15 is 0 Å². The molecule has 0 atom stereocenters. The Balaban J connectivity index is 1.48. The van der Waals surface area contributed by atoms with E-state index in [1.165, 1.54) is 4.80 Å². The third-order valence-electron chi connectivity index (χ3n) is 4.52. The number of benzene rings is 3. The third-order valence-corrected chi connectivity index (χ3v) is 4.52. The normalized spacial score (nSPS) is 10.4. The number of hydrogen-bond donors (Lipinski definition) is 0. The van der Waals surface area contributed by atoms with Crippen LogP contribution >= 0.6 is 0 Å². The highest BCUT2D eigenvalue weighted by molar-refractivity contribution is 5.60. The number of ether oxygens (including phenoxy) is 2. The van der Waals surface area contributed by atoms with Gasteiger partial charge in [-0.2, -0.15) is 10.1 Å². The van der Waals surface area contributed by atoms with E-state index in [9.17, 15) is 0 Å². The maximum atomic E-state index is 8.89. The molecule has 0 unspecified atom stereocenters. The first-order chi connectivity index (χ1) is 14.7. The van der Waals surface area contributed by atoms with Crippen LogP contribution in [0.4, 0.5) is 0 Å². The summed E-state index contributed by atoms with van der Waals surface area (Å²) in [4.78, 5) is 1.52. The van der Waals surface area contributed by atoms with Crippen LogP contribution in [-0.2, 0) is 13.2 Å². The molecule has 7 nitrogen and oxygen atoms in total. The van der Waals surface area contributed by atoms with E-state index in [1.807, 2.05) is 60.7 Å². The molecule has 0 spiro atoms. The van der Waals surface area contributed by atoms with Crippen molar-refractivity contribution in [3.63, 3.8) is 0 Å². The standard InChI is InChI=1S/C23H19N5O2/c1-29-22-13-20(11-12-21(22)30-16-19-5-3-2-4-6-19)23-25-27-28(26-23)15-18-9-7-17(14-24)8-10-18/h2-13H,15-16H2,1H3. The average Bonchev–Trinajstić information content (AvgIpc) is 3.27. The van der Waals surface area contributed by atoms with Crippen molar-refractivity contribution in [2.75, 3.05) is 7.11 Å². The molecule has 0 bridgehead atoms. The lowest BCUT2D eigenvalue weighted by Crippen LogP contribution is -2.04. The zero-order valence-electron chi connectivity index (χ0n) is 16.4. The van der Waals surface area contributed by atoms with Gasteiger partial charge >= 0.3 is 0 Å². The lowest BCUT2D eigenvalue weighted by molar-refractivity contribution is 0.284. The first kappa shape index (κ1) is 19.2. The van der Waals surface area contributed by atoms with Crippen molar-refractivity contribution < 1.29 is 9.47 Å². The minimum Gasteiger partial charge on any atom is -0.493 e. The number of nitrogens with zero attached hydrogens (tertiary/aromatic N) is 5. The largest absolute Gasteiger partial charge is 0.493 e. The van der Waals surface area contributed by atoms with Crippen LogP contribution in [0.2, 0.25) is 0 Å². The number of rotatable bonds is 7. The number of nitriles is 1. The topological polar surface area (TPSA) is 85.9 Å². The van der Waals surface area contributed by atoms with Crippen LogP contribution < -0.4 is 9.47 Å². The molecule has 1 aromatic heterocycles. The Bertz CT molecular complexity index is 1160. The highest BCUT2D eigenvalue weighted by atomic mass is 16.5. The van der Waals surface area contributed by atoms with Crippen LogP contribution in [0.3, 0.4) is 0 Å². The van der Waals surface area contributed by atoms with E-state index in [4.69, 9.17) is 14.7 Å². The molecule has 30 heavy (non-hydrogen) atoms. The Labute approximate surface area is 174 Å². The van der Waals surface area contributed by atoms with Gasteiger partial charge in [0, 0.05) is 5.56 Å². The van der Waals surface area contributed by atoms with Gasteiger partial charge < -0.3 is 9.47 Å². The van der Waals surface area contributed by atoms with Crippen LogP contribution in [0.5, 0.6) is 11.5 Å². The van der Waals surface area contributed by atoms with Crippen molar-refractivity contribution in [1.82, 2.24) is 20.2 Å². The van der Waals surface area contributed by atoms with Crippen LogP contribution in [0.15, 0.2) is 72.8 Å². The molecule has 0 saturated carbocycles. The van der Waals surface area contributed by atoms with Crippen molar-refractivity contribution in [3.8, 4) is 29.0 Å². The van der Waals surface area contributed by atoms with Gasteiger partial charge in [-0.25, -0.2) is 0 Å². The summed E-state index contributed by atoms with van der Waals surface area (Å²) in [6.45, 7) is 0.920. The first-order valence-corrected chi connectivity index (χ1v) is 9.37. The molecule has 0 amide bonds. The molecule has 1 heterocycles. The van der Waals surface area contributed by atoms with Gasteiger partial charge in [0.25, 0.3) is 0 Å². The summed E-state index contributed by atoms with van der Waals surface area (Å²) < 4.78 is 11.4. The van der Waals surface area contributed by atoms with Gasteiger partial charge in [0.15, 0.2) is 11.5 Å². The number of tetrazole rings is 1. The summed E-state index contributed by atoms with van der Waals surface area (Å²) in [7, 11) is 1.60. The molecule has 7 heteroatoms. The van der Waals surface area contributed by atoms with Crippen molar-refractivity contribution >= 4 is 0 Å². The molecule has 4 rings (SSSR count). The quantitative estimate of drug-likeness (QED) is 0.471. The average molecular weight is 397 g/mol. The van der Waals surface area contributed by atoms with E-state index < -0.39 is 0 Å². The fourth-order valence-corrected chi connectivity index (χ4v) is 2.94. The molecule has 4 aromatic rings. The lowest BCUT2D eigenvalue weighted by Gasteiger charge is -2.11. The Morgan fingerprint density at radius 1 is 0.933 bits per heavy atom. The van der Waals surface area contributed by atoms with Crippen LogP contribution in [-0.4, -0.2) is 27.3 Å². The molecule has 0 aliphatic rings. The molecule has 0 fully saturated rings. The van der Waals surface area contributed by atoms with E-state index in [1.54, 1.807) is 19.2 Å². The summed E-state index contributed by atoms with van der Waals surface area (Å²) in [6, 6.07) is 24.9. The number of hydrogen-bond acceptors (Lipinski definition) is 6. The SMILES string of the molecule is COc1cc(-c2nnn(Cc3ccc(C#N)cc3)n2)ccc1OCc1ccccc1. The second-order valence-electron chi connectivity index (χ2n) is 6.59. The van der Waals surface area contributed by atoms with Crippen LogP contribution in [0.1, 0.15) is 16.7 Å². The minimum absolute atomic E-state index is 0.454. The highest BCUT2D eigenvalue weighted by Gasteiger charge is 2.12. The van der Waals surface area contributed by atoms with Crippen LogP contribution in [0.25, 0.3) is 11.4 Å². The third kappa shape index (κ3) is 4.45. The maximum Gasteiger partial charge on any atom is 0.205 e. The molecule has 3 aromatic carbocycles. The predicted octanol–water partition coefficient (Wildman–Crippen LogP) is 3.85. The fourth-order valence-electron chi connectivity index (χ4n) is 2.94. The lowest BCUT2D eigenvalue weighted by atomic mass is 10.1. The van der Waals surface area contributed by atoms with E-state index in [2.05, 4.69) is 21.5 Å². The Morgan fingerprint density at radius 3 is 2.47 bits per heavy atom. The molecule has 0 aliphatic carbocycles. The highest BCUT2D eigenvalue weighted by Crippen LogP contribution is 2.31. The van der Waals surface area contributed by atoms with Gasteiger partial charge in [0.2, 0.25) is 5.82 Å².